The Kier molecular flexibility index (Phi) is 3.21. The molecule has 5 nitrogen and oxygen atoms in total. The van der Waals surface area contributed by atoms with Gasteiger partial charge >= 0.3 is 10.8 Å². The third kappa shape index (κ3) is 2.40. The molecule has 0 amide bonds. The van der Waals surface area contributed by atoms with Crippen molar-refractivity contribution in [2.75, 3.05) is 6.07 Å². The van der Waals surface area contributed by atoms with Crippen LogP contribution < -0.4 is 4.87 Å². The van der Waals surface area contributed by atoms with Crippen LogP contribution in [-0.4, -0.2) is 22.0 Å². The number of fused-ring (bicyclic) bond motifs is 1. The molecule has 0 atom stereocenters. The van der Waals surface area contributed by atoms with Gasteiger partial charge in [0.25, 0.3) is 0 Å². The van der Waals surface area contributed by atoms with E-state index in [0.29, 0.717) is 15.9 Å². The average molecular weight is 259 g/mol. The first kappa shape index (κ1) is 11.1. The maximum absolute atomic E-state index is 11.1. The molecule has 7 heteroatoms. The van der Waals surface area contributed by atoms with Gasteiger partial charge in [-0.15, -0.1) is 0 Å². The van der Waals surface area contributed by atoms with Crippen molar-refractivity contribution in [2.45, 2.75) is 6.42 Å². The van der Waals surface area contributed by atoms with E-state index in [4.69, 9.17) is 11.6 Å². The van der Waals surface area contributed by atoms with E-state index in [1.54, 1.807) is 12.3 Å². The highest BCUT2D eigenvalue weighted by Crippen LogP contribution is 2.13. The van der Waals surface area contributed by atoms with Crippen LogP contribution in [0.2, 0.25) is 0 Å². The summed E-state index contributed by atoms with van der Waals surface area (Å²) in [6.45, 7) is 0. The molecule has 0 saturated heterocycles. The van der Waals surface area contributed by atoms with E-state index in [1.165, 1.54) is 0 Å². The molecule has 16 heavy (non-hydrogen) atoms. The molecular weight excluding hydrogens is 252 g/mol. The van der Waals surface area contributed by atoms with Gasteiger partial charge in [0, 0.05) is 6.20 Å². The predicted octanol–water partition coefficient (Wildman–Crippen LogP) is 1.27. The van der Waals surface area contributed by atoms with Gasteiger partial charge in [-0.25, -0.2) is 4.98 Å². The number of pyridine rings is 1. The van der Waals surface area contributed by atoms with Crippen LogP contribution in [0.3, 0.4) is 0 Å². The maximum Gasteiger partial charge on any atom is 0.311 e. The van der Waals surface area contributed by atoms with Crippen LogP contribution in [0, 0.1) is 0 Å². The van der Waals surface area contributed by atoms with Crippen LogP contribution in [0.4, 0.5) is 0 Å². The number of nitrogens with one attached hydrogen (secondary N) is 1. The summed E-state index contributed by atoms with van der Waals surface area (Å²) in [4.78, 5) is 29.3. The smallest absolute Gasteiger partial charge is 0.311 e. The number of hydrogen-bond donors (Lipinski definition) is 1. The fraction of sp³-hybridized carbons (Fsp3) is 0.222. The molecule has 2 aromatic heterocycles. The molecule has 0 aliphatic carbocycles. The molecule has 0 aliphatic rings. The third-order valence-electron chi connectivity index (χ3n) is 1.90. The minimum absolute atomic E-state index is 0.0908. The normalized spacial score (nSPS) is 10.6. The molecule has 2 heterocycles. The van der Waals surface area contributed by atoms with Gasteiger partial charge in [0.2, 0.25) is 0 Å². The Morgan fingerprint density at radius 1 is 1.62 bits per heavy atom. The number of carbonyl (C=O) groups excluding carboxylic acids is 1. The molecule has 84 valence electrons. The Bertz CT molecular complexity index is 577. The fourth-order valence-electron chi connectivity index (χ4n) is 1.26. The van der Waals surface area contributed by atoms with Crippen molar-refractivity contribution in [3.8, 4) is 0 Å². The number of thiazole rings is 1. The Labute approximate surface area is 99.0 Å². The first-order valence-corrected chi connectivity index (χ1v) is 5.73. The van der Waals surface area contributed by atoms with Crippen molar-refractivity contribution in [3.63, 3.8) is 0 Å². The van der Waals surface area contributed by atoms with E-state index in [0.717, 1.165) is 11.3 Å². The molecule has 0 radical (unpaired) electrons. The molecule has 2 rings (SSSR count). The number of aromatic nitrogens is 2. The summed E-state index contributed by atoms with van der Waals surface area (Å²) in [6.07, 6.45) is 1.63. The number of hydrogen-bond acceptors (Lipinski definition) is 5. The largest absolute Gasteiger partial charge is 0.449 e. The van der Waals surface area contributed by atoms with Crippen LogP contribution in [-0.2, 0) is 16.0 Å². The highest BCUT2D eigenvalue weighted by Gasteiger charge is 2.07. The number of rotatable bonds is 3. The lowest BCUT2D eigenvalue weighted by molar-refractivity contribution is -0.140. The van der Waals surface area contributed by atoms with Crippen molar-refractivity contribution in [1.29, 1.82) is 0 Å². The van der Waals surface area contributed by atoms with E-state index in [-0.39, 0.29) is 17.4 Å². The molecule has 0 aromatic carbocycles. The second-order valence-corrected chi connectivity index (χ2v) is 4.19. The summed E-state index contributed by atoms with van der Waals surface area (Å²) < 4.78 is 4.59. The first-order chi connectivity index (χ1) is 7.69. The van der Waals surface area contributed by atoms with Crippen LogP contribution in [0.15, 0.2) is 17.1 Å². The van der Waals surface area contributed by atoms with Crippen LogP contribution in [0.5, 0.6) is 0 Å². The first-order valence-electron chi connectivity index (χ1n) is 4.38. The zero-order valence-corrected chi connectivity index (χ0v) is 9.60. The summed E-state index contributed by atoms with van der Waals surface area (Å²) in [6, 6.07) is 1.54. The minimum atomic E-state index is -0.422. The van der Waals surface area contributed by atoms with Crippen LogP contribution in [0.1, 0.15) is 5.56 Å². The Morgan fingerprint density at radius 2 is 2.44 bits per heavy atom. The molecule has 1 N–H and O–H groups in total. The van der Waals surface area contributed by atoms with Crippen molar-refractivity contribution in [1.82, 2.24) is 9.97 Å². The summed E-state index contributed by atoms with van der Waals surface area (Å²) in [5.41, 5.74) is 1.31. The third-order valence-corrected chi connectivity index (χ3v) is 2.81. The summed E-state index contributed by atoms with van der Waals surface area (Å²) in [5.74, 6) is -0.422. The highest BCUT2D eigenvalue weighted by atomic mass is 35.5. The van der Waals surface area contributed by atoms with Gasteiger partial charge in [-0.05, 0) is 11.6 Å². The summed E-state index contributed by atoms with van der Waals surface area (Å²) >= 11 is 6.29. The monoisotopic (exact) mass is 258 g/mol. The fourth-order valence-corrected chi connectivity index (χ4v) is 2.05. The van der Waals surface area contributed by atoms with Crippen LogP contribution in [0.25, 0.3) is 10.3 Å². The molecule has 2 aromatic rings. The van der Waals surface area contributed by atoms with Crippen LogP contribution >= 0.6 is 22.9 Å². The summed E-state index contributed by atoms with van der Waals surface area (Å²) in [5, 5.41) is 0. The standard InChI is InChI=1S/C9H7ClN2O3S/c10-4-15-7(13)2-5-1-6-8(11-3-5)16-9(14)12-6/h1,3H,2,4H2,(H,12,14). The Hall–Kier alpha value is -1.40. The van der Waals surface area contributed by atoms with E-state index < -0.39 is 5.97 Å². The van der Waals surface area contributed by atoms with Crippen molar-refractivity contribution in [3.05, 3.63) is 27.5 Å². The van der Waals surface area contributed by atoms with E-state index >= 15 is 0 Å². The van der Waals surface area contributed by atoms with Gasteiger partial charge in [-0.1, -0.05) is 22.9 Å². The minimum Gasteiger partial charge on any atom is -0.449 e. The van der Waals surface area contributed by atoms with E-state index in [9.17, 15) is 9.59 Å². The predicted molar refractivity (Wildman–Crippen MR) is 60.8 cm³/mol. The van der Waals surface area contributed by atoms with Gasteiger partial charge < -0.3 is 9.72 Å². The quantitative estimate of drug-likeness (QED) is 0.665. The molecule has 0 saturated carbocycles. The SMILES string of the molecule is O=C(Cc1cnc2sc(=O)[nH]c2c1)OCCl. The molecule has 0 fully saturated rings. The average Bonchev–Trinajstić information content (AvgIpc) is 2.57. The molecule has 0 unspecified atom stereocenters. The zero-order valence-electron chi connectivity index (χ0n) is 8.03. The van der Waals surface area contributed by atoms with Crippen molar-refractivity contribution < 1.29 is 9.53 Å². The maximum atomic E-state index is 11.1. The Morgan fingerprint density at radius 3 is 3.19 bits per heavy atom. The second kappa shape index (κ2) is 4.63. The molecule has 0 spiro atoms. The van der Waals surface area contributed by atoms with Gasteiger partial charge in [-0.2, -0.15) is 0 Å². The Balaban J connectivity index is 2.25. The van der Waals surface area contributed by atoms with Crippen molar-refractivity contribution in [2.24, 2.45) is 0 Å². The van der Waals surface area contributed by atoms with Gasteiger partial charge in [0.15, 0.2) is 6.07 Å². The lowest BCUT2D eigenvalue weighted by Gasteiger charge is -2.00. The lowest BCUT2D eigenvalue weighted by atomic mass is 10.2. The number of alkyl halides is 1. The van der Waals surface area contributed by atoms with E-state index in [2.05, 4.69) is 14.7 Å². The van der Waals surface area contributed by atoms with E-state index in [1.807, 2.05) is 0 Å². The molecular formula is C9H7ClN2O3S. The zero-order chi connectivity index (χ0) is 11.5. The molecule has 0 bridgehead atoms. The summed E-state index contributed by atoms with van der Waals surface area (Å²) in [7, 11) is 0. The van der Waals surface area contributed by atoms with Gasteiger partial charge in [-0.3, -0.25) is 9.59 Å². The van der Waals surface area contributed by atoms with Gasteiger partial charge in [0.05, 0.1) is 11.9 Å². The number of ether oxygens (including phenoxy) is 1. The number of halogens is 1. The number of H-pyrrole nitrogens is 1. The highest BCUT2D eigenvalue weighted by molar-refractivity contribution is 7.15. The number of aromatic amines is 1. The molecule has 0 aliphatic heterocycles. The topological polar surface area (TPSA) is 72.0 Å². The lowest BCUT2D eigenvalue weighted by Crippen LogP contribution is -2.06. The van der Waals surface area contributed by atoms with Gasteiger partial charge in [0.1, 0.15) is 4.83 Å². The second-order valence-electron chi connectivity index (χ2n) is 3.01. The van der Waals surface area contributed by atoms with Crippen molar-refractivity contribution >= 4 is 39.3 Å². The number of nitrogens with zero attached hydrogens (tertiary/aromatic N) is 1. The number of esters is 1. The number of carbonyl (C=O) groups is 1.